The number of carboxylic acid groups (broad SMARTS) is 1. The van der Waals surface area contributed by atoms with Gasteiger partial charge in [-0.3, -0.25) is 14.5 Å². The summed E-state index contributed by atoms with van der Waals surface area (Å²) in [6.45, 7) is 3.55. The fourth-order valence-corrected chi connectivity index (χ4v) is 6.21. The molecule has 34 heavy (non-hydrogen) atoms. The lowest BCUT2D eigenvalue weighted by Crippen LogP contribution is -2.41. The number of rotatable bonds is 8. The van der Waals surface area contributed by atoms with Gasteiger partial charge in [-0.05, 0) is 69.4 Å². The van der Waals surface area contributed by atoms with Gasteiger partial charge in [-0.15, -0.1) is 11.3 Å². The average molecular weight is 486 g/mol. The molecule has 2 N–H and O–H groups in total. The predicted molar refractivity (Wildman–Crippen MR) is 131 cm³/mol. The van der Waals surface area contributed by atoms with Gasteiger partial charge in [0.15, 0.2) is 0 Å². The van der Waals surface area contributed by atoms with Gasteiger partial charge in [0.2, 0.25) is 0 Å². The summed E-state index contributed by atoms with van der Waals surface area (Å²) in [6, 6.07) is 5.57. The summed E-state index contributed by atoms with van der Waals surface area (Å²) in [7, 11) is 1.59. The molecule has 8 nitrogen and oxygen atoms in total. The van der Waals surface area contributed by atoms with Crippen LogP contribution >= 0.6 is 11.3 Å². The molecule has 9 heteroatoms. The lowest BCUT2D eigenvalue weighted by atomic mass is 9.92. The van der Waals surface area contributed by atoms with Crippen LogP contribution in [0.2, 0.25) is 0 Å². The molecule has 1 fully saturated rings. The highest BCUT2D eigenvalue weighted by molar-refractivity contribution is 7.19. The van der Waals surface area contributed by atoms with Crippen LogP contribution in [0.15, 0.2) is 23.4 Å². The van der Waals surface area contributed by atoms with E-state index in [4.69, 9.17) is 0 Å². The number of carboxylic acids is 1. The average Bonchev–Trinajstić information content (AvgIpc) is 3.25. The van der Waals surface area contributed by atoms with Crippen molar-refractivity contribution in [1.29, 1.82) is 0 Å². The molecule has 2 heterocycles. The summed E-state index contributed by atoms with van der Waals surface area (Å²) in [5.74, 6) is -2.07. The fourth-order valence-electron chi connectivity index (χ4n) is 4.88. The molecule has 1 aromatic heterocycles. The van der Waals surface area contributed by atoms with Crippen LogP contribution in [0, 0.1) is 5.92 Å². The minimum atomic E-state index is -0.995. The van der Waals surface area contributed by atoms with Crippen LogP contribution in [-0.4, -0.2) is 62.9 Å². The molecule has 0 unspecified atom stereocenters. The number of oxime groups is 1. The van der Waals surface area contributed by atoms with Crippen molar-refractivity contribution in [3.05, 3.63) is 34.2 Å². The molecule has 2 aromatic rings. The SMILES string of the molecule is CN1C(=O)N(CCC[C@@H](CC(=NO)c2ccc3c4c(sc3c2)CCCC4)C(=O)O)C(=O)C1(C)C. The van der Waals surface area contributed by atoms with E-state index in [0.29, 0.717) is 17.7 Å². The van der Waals surface area contributed by atoms with Gasteiger partial charge in [-0.25, -0.2) is 4.79 Å². The van der Waals surface area contributed by atoms with E-state index in [9.17, 15) is 24.7 Å². The Morgan fingerprint density at radius 2 is 1.97 bits per heavy atom. The van der Waals surface area contributed by atoms with Gasteiger partial charge >= 0.3 is 12.0 Å². The Morgan fingerprint density at radius 3 is 2.62 bits per heavy atom. The molecule has 0 saturated carbocycles. The minimum Gasteiger partial charge on any atom is -0.481 e. The number of aryl methyl sites for hydroxylation is 2. The number of hydrogen-bond acceptors (Lipinski definition) is 6. The van der Waals surface area contributed by atoms with Crippen LogP contribution in [0.1, 0.15) is 62.0 Å². The summed E-state index contributed by atoms with van der Waals surface area (Å²) in [4.78, 5) is 40.9. The zero-order chi connectivity index (χ0) is 24.6. The van der Waals surface area contributed by atoms with E-state index in [1.165, 1.54) is 38.5 Å². The number of thiophene rings is 1. The first-order valence-corrected chi connectivity index (χ1v) is 12.5. The van der Waals surface area contributed by atoms with Crippen molar-refractivity contribution in [3.63, 3.8) is 0 Å². The summed E-state index contributed by atoms with van der Waals surface area (Å²) in [5, 5.41) is 24.2. The number of aliphatic carboxylic acids is 1. The summed E-state index contributed by atoms with van der Waals surface area (Å²) in [5.41, 5.74) is 1.56. The van der Waals surface area contributed by atoms with E-state index in [2.05, 4.69) is 11.2 Å². The van der Waals surface area contributed by atoms with E-state index in [1.807, 2.05) is 12.1 Å². The summed E-state index contributed by atoms with van der Waals surface area (Å²) >= 11 is 1.77. The van der Waals surface area contributed by atoms with Crippen molar-refractivity contribution >= 4 is 45.0 Å². The zero-order valence-corrected chi connectivity index (χ0v) is 20.7. The van der Waals surface area contributed by atoms with Gasteiger partial charge in [0.05, 0.1) is 11.6 Å². The highest BCUT2D eigenvalue weighted by Gasteiger charge is 2.48. The van der Waals surface area contributed by atoms with Gasteiger partial charge in [-0.1, -0.05) is 17.3 Å². The van der Waals surface area contributed by atoms with Gasteiger partial charge in [0.1, 0.15) is 5.54 Å². The maximum atomic E-state index is 12.5. The Labute approximate surface area is 202 Å². The molecule has 0 radical (unpaired) electrons. The highest BCUT2D eigenvalue weighted by Crippen LogP contribution is 2.37. The number of amides is 3. The number of nitrogens with zero attached hydrogens (tertiary/aromatic N) is 3. The first kappa shape index (κ1) is 24.2. The number of urea groups is 1. The number of benzene rings is 1. The molecule has 1 atom stereocenters. The van der Waals surface area contributed by atoms with Gasteiger partial charge in [-0.2, -0.15) is 0 Å². The largest absolute Gasteiger partial charge is 0.481 e. The molecule has 1 saturated heterocycles. The first-order valence-electron chi connectivity index (χ1n) is 11.7. The van der Waals surface area contributed by atoms with E-state index >= 15 is 0 Å². The first-order chi connectivity index (χ1) is 16.1. The third-order valence-corrected chi connectivity index (χ3v) is 8.51. The van der Waals surface area contributed by atoms with Gasteiger partial charge < -0.3 is 15.2 Å². The third-order valence-electron chi connectivity index (χ3n) is 7.26. The number of carbonyl (C=O) groups excluding carboxylic acids is 2. The van der Waals surface area contributed by atoms with Crippen LogP contribution in [0.5, 0.6) is 0 Å². The Hall–Kier alpha value is -2.94. The normalized spacial score (nSPS) is 19.1. The van der Waals surface area contributed by atoms with Crippen molar-refractivity contribution in [2.45, 2.75) is 64.3 Å². The number of carbonyl (C=O) groups is 3. The summed E-state index contributed by atoms with van der Waals surface area (Å²) < 4.78 is 1.13. The van der Waals surface area contributed by atoms with Crippen LogP contribution in [0.3, 0.4) is 0 Å². The molecule has 4 rings (SSSR count). The number of fused-ring (bicyclic) bond motifs is 3. The maximum Gasteiger partial charge on any atom is 0.327 e. The lowest BCUT2D eigenvalue weighted by Gasteiger charge is -2.22. The molecule has 1 aromatic carbocycles. The topological polar surface area (TPSA) is 111 Å². The molecule has 182 valence electrons. The molecule has 0 spiro atoms. The minimum absolute atomic E-state index is 0.0652. The standard InChI is InChI=1S/C25H31N3O5S/c1-25(2)23(31)28(24(32)27(25)3)12-6-7-16(22(29)30)13-19(26-33)15-10-11-18-17-8-4-5-9-20(17)34-21(18)14-15/h10-11,14,16,33H,4-9,12-13H2,1-3H3,(H,29,30)/t16-/m0/s1. The number of imide groups is 1. The van der Waals surface area contributed by atoms with Gasteiger partial charge in [0.25, 0.3) is 5.91 Å². The second-order valence-corrected chi connectivity index (χ2v) is 10.8. The Morgan fingerprint density at radius 1 is 1.24 bits per heavy atom. The van der Waals surface area contributed by atoms with Crippen molar-refractivity contribution in [3.8, 4) is 0 Å². The highest BCUT2D eigenvalue weighted by atomic mass is 32.1. The molecule has 3 amide bonds. The quantitative estimate of drug-likeness (QED) is 0.248. The molecule has 2 aliphatic rings. The molecule has 0 bridgehead atoms. The maximum absolute atomic E-state index is 12.5. The third kappa shape index (κ3) is 4.29. The number of likely N-dealkylation sites (N-methyl/N-ethyl adjacent to an activating group) is 1. The van der Waals surface area contributed by atoms with Crippen LogP contribution < -0.4 is 0 Å². The van der Waals surface area contributed by atoms with Crippen LogP contribution in [-0.2, 0) is 22.4 Å². The van der Waals surface area contributed by atoms with E-state index in [1.54, 1.807) is 32.2 Å². The monoisotopic (exact) mass is 485 g/mol. The van der Waals surface area contributed by atoms with Crippen LogP contribution in [0.4, 0.5) is 4.79 Å². The van der Waals surface area contributed by atoms with Crippen molar-refractivity contribution in [2.75, 3.05) is 13.6 Å². The molecular formula is C25H31N3O5S. The lowest BCUT2D eigenvalue weighted by molar-refractivity contribution is -0.141. The van der Waals surface area contributed by atoms with Gasteiger partial charge in [0, 0.05) is 35.2 Å². The van der Waals surface area contributed by atoms with E-state index in [0.717, 1.165) is 17.5 Å². The van der Waals surface area contributed by atoms with Crippen molar-refractivity contribution in [2.24, 2.45) is 11.1 Å². The zero-order valence-electron chi connectivity index (χ0n) is 19.8. The fraction of sp³-hybridized carbons (Fsp3) is 0.520. The Bertz CT molecular complexity index is 1170. The smallest absolute Gasteiger partial charge is 0.327 e. The van der Waals surface area contributed by atoms with Crippen LogP contribution in [0.25, 0.3) is 10.1 Å². The Kier molecular flexibility index (Phi) is 6.66. The Balaban J connectivity index is 1.44. The number of hydrogen-bond donors (Lipinski definition) is 2. The summed E-state index contributed by atoms with van der Waals surface area (Å²) in [6.07, 6.45) is 5.27. The van der Waals surface area contributed by atoms with E-state index < -0.39 is 17.4 Å². The van der Waals surface area contributed by atoms with E-state index in [-0.39, 0.29) is 31.3 Å². The second kappa shape index (κ2) is 9.37. The predicted octanol–water partition coefficient (Wildman–Crippen LogP) is 4.50. The molecule has 1 aliphatic carbocycles. The molecular weight excluding hydrogens is 454 g/mol. The molecule has 1 aliphatic heterocycles. The van der Waals surface area contributed by atoms with Crippen molar-refractivity contribution in [1.82, 2.24) is 9.80 Å². The van der Waals surface area contributed by atoms with Crippen molar-refractivity contribution < 1.29 is 24.7 Å². The second-order valence-electron chi connectivity index (χ2n) is 9.71.